The van der Waals surface area contributed by atoms with Crippen molar-refractivity contribution in [2.45, 2.75) is 31.7 Å². The molecule has 0 heterocycles. The summed E-state index contributed by atoms with van der Waals surface area (Å²) >= 11 is 0. The molecule has 3 nitrogen and oxygen atoms in total. The van der Waals surface area contributed by atoms with Gasteiger partial charge in [0.1, 0.15) is 6.04 Å². The second-order valence-electron chi connectivity index (χ2n) is 3.33. The number of esters is 1. The summed E-state index contributed by atoms with van der Waals surface area (Å²) in [7, 11) is 3.27. The third kappa shape index (κ3) is 1.97. The van der Waals surface area contributed by atoms with Gasteiger partial charge in [-0.3, -0.25) is 4.79 Å². The molecule has 1 aliphatic carbocycles. The van der Waals surface area contributed by atoms with Crippen molar-refractivity contribution in [3.8, 4) is 0 Å². The number of methoxy groups -OCH3 is 1. The topological polar surface area (TPSA) is 38.3 Å². The molecular weight excluding hydrogens is 154 g/mol. The van der Waals surface area contributed by atoms with Crippen LogP contribution in [0, 0.1) is 5.92 Å². The molecule has 3 heteroatoms. The van der Waals surface area contributed by atoms with Gasteiger partial charge in [-0.1, -0.05) is 12.8 Å². The van der Waals surface area contributed by atoms with Crippen LogP contribution in [-0.4, -0.2) is 26.2 Å². The minimum Gasteiger partial charge on any atom is -0.468 e. The Kier molecular flexibility index (Phi) is 3.53. The van der Waals surface area contributed by atoms with E-state index in [-0.39, 0.29) is 12.0 Å². The van der Waals surface area contributed by atoms with Gasteiger partial charge in [0.15, 0.2) is 0 Å². The van der Waals surface area contributed by atoms with E-state index in [1.165, 1.54) is 20.0 Å². The van der Waals surface area contributed by atoms with Crippen LogP contribution in [0.15, 0.2) is 0 Å². The van der Waals surface area contributed by atoms with Crippen molar-refractivity contribution in [3.63, 3.8) is 0 Å². The van der Waals surface area contributed by atoms with Crippen LogP contribution < -0.4 is 5.32 Å². The number of rotatable bonds is 3. The van der Waals surface area contributed by atoms with Crippen molar-refractivity contribution in [2.24, 2.45) is 5.92 Å². The van der Waals surface area contributed by atoms with E-state index in [0.29, 0.717) is 5.92 Å². The Bertz CT molecular complexity index is 153. The van der Waals surface area contributed by atoms with Gasteiger partial charge in [0.25, 0.3) is 0 Å². The van der Waals surface area contributed by atoms with E-state index in [1.54, 1.807) is 0 Å². The van der Waals surface area contributed by atoms with Crippen LogP contribution in [0.4, 0.5) is 0 Å². The quantitative estimate of drug-likeness (QED) is 0.642. The second-order valence-corrected chi connectivity index (χ2v) is 3.33. The van der Waals surface area contributed by atoms with Crippen LogP contribution >= 0.6 is 0 Å². The highest BCUT2D eigenvalue weighted by atomic mass is 16.5. The minimum atomic E-state index is -0.121. The number of likely N-dealkylation sites (N-methyl/N-ethyl adjacent to an activating group) is 1. The van der Waals surface area contributed by atoms with Gasteiger partial charge in [0.2, 0.25) is 0 Å². The summed E-state index contributed by atoms with van der Waals surface area (Å²) < 4.78 is 4.71. The Morgan fingerprint density at radius 1 is 1.50 bits per heavy atom. The number of carbonyl (C=O) groups is 1. The van der Waals surface area contributed by atoms with Crippen LogP contribution in [-0.2, 0) is 9.53 Å². The van der Waals surface area contributed by atoms with Crippen LogP contribution in [0.25, 0.3) is 0 Å². The summed E-state index contributed by atoms with van der Waals surface area (Å²) in [5.41, 5.74) is 0. The number of carbonyl (C=O) groups excluding carboxylic acids is 1. The Morgan fingerprint density at radius 3 is 2.50 bits per heavy atom. The van der Waals surface area contributed by atoms with Gasteiger partial charge in [0.05, 0.1) is 7.11 Å². The number of hydrogen-bond acceptors (Lipinski definition) is 3. The van der Waals surface area contributed by atoms with Crippen LogP contribution in [0.2, 0.25) is 0 Å². The summed E-state index contributed by atoms with van der Waals surface area (Å²) in [6, 6.07) is -0.0856. The number of hydrogen-bond donors (Lipinski definition) is 1. The largest absolute Gasteiger partial charge is 0.468 e. The van der Waals surface area contributed by atoms with Gasteiger partial charge >= 0.3 is 5.97 Å². The lowest BCUT2D eigenvalue weighted by molar-refractivity contribution is -0.144. The maximum atomic E-state index is 11.2. The molecule has 0 radical (unpaired) electrons. The van der Waals surface area contributed by atoms with Crippen molar-refractivity contribution in [3.05, 3.63) is 0 Å². The molecule has 0 unspecified atom stereocenters. The molecule has 0 aromatic carbocycles. The Hall–Kier alpha value is -0.570. The number of ether oxygens (including phenoxy) is 1. The molecule has 12 heavy (non-hydrogen) atoms. The molecule has 0 spiro atoms. The standard InChI is InChI=1S/C9H17NO2/c1-10-8(9(11)12-2)7-5-3-4-6-7/h7-8,10H,3-6H2,1-2H3/t8-/m1/s1. The molecule has 1 rings (SSSR count). The van der Waals surface area contributed by atoms with E-state index in [2.05, 4.69) is 5.32 Å². The van der Waals surface area contributed by atoms with E-state index in [9.17, 15) is 4.79 Å². The molecule has 1 aliphatic rings. The van der Waals surface area contributed by atoms with Crippen molar-refractivity contribution in [1.29, 1.82) is 0 Å². The summed E-state index contributed by atoms with van der Waals surface area (Å²) in [6.45, 7) is 0. The van der Waals surface area contributed by atoms with Gasteiger partial charge in [-0.25, -0.2) is 0 Å². The summed E-state index contributed by atoms with van der Waals surface area (Å²) in [5, 5.41) is 3.02. The predicted molar refractivity (Wildman–Crippen MR) is 46.8 cm³/mol. The normalized spacial score (nSPS) is 20.8. The molecule has 0 bridgehead atoms. The molecule has 0 aliphatic heterocycles. The van der Waals surface area contributed by atoms with Gasteiger partial charge in [-0.2, -0.15) is 0 Å². The fourth-order valence-corrected chi connectivity index (χ4v) is 1.96. The number of nitrogens with one attached hydrogen (secondary N) is 1. The minimum absolute atomic E-state index is 0.0856. The molecule has 1 saturated carbocycles. The van der Waals surface area contributed by atoms with Gasteiger partial charge in [-0.05, 0) is 25.8 Å². The third-order valence-corrected chi connectivity index (χ3v) is 2.64. The first-order valence-electron chi connectivity index (χ1n) is 4.54. The Labute approximate surface area is 73.5 Å². The Balaban J connectivity index is 2.48. The smallest absolute Gasteiger partial charge is 0.323 e. The first-order chi connectivity index (χ1) is 5.79. The van der Waals surface area contributed by atoms with Gasteiger partial charge in [-0.15, -0.1) is 0 Å². The molecule has 1 fully saturated rings. The summed E-state index contributed by atoms with van der Waals surface area (Å²) in [6.07, 6.45) is 4.81. The SMILES string of the molecule is CN[C@@H](C(=O)OC)C1CCCC1. The average molecular weight is 171 g/mol. The molecule has 70 valence electrons. The summed E-state index contributed by atoms with van der Waals surface area (Å²) in [5.74, 6) is 0.367. The van der Waals surface area contributed by atoms with Crippen molar-refractivity contribution < 1.29 is 9.53 Å². The van der Waals surface area contributed by atoms with Crippen molar-refractivity contribution in [2.75, 3.05) is 14.2 Å². The zero-order valence-corrected chi connectivity index (χ0v) is 7.80. The van der Waals surface area contributed by atoms with Gasteiger partial charge < -0.3 is 10.1 Å². The first kappa shape index (κ1) is 9.52. The van der Waals surface area contributed by atoms with E-state index in [0.717, 1.165) is 12.8 Å². The maximum Gasteiger partial charge on any atom is 0.323 e. The van der Waals surface area contributed by atoms with Gasteiger partial charge in [0, 0.05) is 0 Å². The maximum absolute atomic E-state index is 11.2. The molecular formula is C9H17NO2. The van der Waals surface area contributed by atoms with Crippen LogP contribution in [0.1, 0.15) is 25.7 Å². The van der Waals surface area contributed by atoms with E-state index in [4.69, 9.17) is 4.74 Å². The lowest BCUT2D eigenvalue weighted by Crippen LogP contribution is -2.40. The van der Waals surface area contributed by atoms with E-state index in [1.807, 2.05) is 7.05 Å². The molecule has 0 aromatic rings. The van der Waals surface area contributed by atoms with E-state index < -0.39 is 0 Å². The highest BCUT2D eigenvalue weighted by Gasteiger charge is 2.29. The molecule has 0 saturated heterocycles. The lowest BCUT2D eigenvalue weighted by atomic mass is 9.98. The van der Waals surface area contributed by atoms with E-state index >= 15 is 0 Å². The molecule has 1 atom stereocenters. The zero-order valence-electron chi connectivity index (χ0n) is 7.80. The fourth-order valence-electron chi connectivity index (χ4n) is 1.96. The fraction of sp³-hybridized carbons (Fsp3) is 0.889. The second kappa shape index (κ2) is 4.45. The summed E-state index contributed by atoms with van der Waals surface area (Å²) in [4.78, 5) is 11.2. The predicted octanol–water partition coefficient (Wildman–Crippen LogP) is 0.938. The monoisotopic (exact) mass is 171 g/mol. The molecule has 1 N–H and O–H groups in total. The van der Waals surface area contributed by atoms with Crippen LogP contribution in [0.3, 0.4) is 0 Å². The first-order valence-corrected chi connectivity index (χ1v) is 4.54. The highest BCUT2D eigenvalue weighted by Crippen LogP contribution is 2.27. The zero-order chi connectivity index (χ0) is 8.97. The Morgan fingerprint density at radius 2 is 2.08 bits per heavy atom. The molecule has 0 amide bonds. The average Bonchev–Trinajstić information content (AvgIpc) is 2.58. The lowest BCUT2D eigenvalue weighted by Gasteiger charge is -2.19. The van der Waals surface area contributed by atoms with Crippen molar-refractivity contribution >= 4 is 5.97 Å². The molecule has 0 aromatic heterocycles. The highest BCUT2D eigenvalue weighted by molar-refractivity contribution is 5.76. The van der Waals surface area contributed by atoms with Crippen LogP contribution in [0.5, 0.6) is 0 Å². The van der Waals surface area contributed by atoms with Crippen molar-refractivity contribution in [1.82, 2.24) is 5.32 Å². The third-order valence-electron chi connectivity index (χ3n) is 2.64.